The lowest BCUT2D eigenvalue weighted by Crippen LogP contribution is -2.46. The average molecular weight is 856 g/mol. The van der Waals surface area contributed by atoms with Gasteiger partial charge < -0.3 is 20.3 Å². The van der Waals surface area contributed by atoms with E-state index in [1.165, 1.54) is 141 Å². The van der Waals surface area contributed by atoms with E-state index >= 15 is 0 Å². The third kappa shape index (κ3) is 44.2. The minimum atomic E-state index is -0.795. The molecule has 3 atom stereocenters. The molecule has 6 heteroatoms. The lowest BCUT2D eigenvalue weighted by Gasteiger charge is -2.24. The quantitative estimate of drug-likeness (QED) is 0.0322. The number of ether oxygens (including phenoxy) is 1. The van der Waals surface area contributed by atoms with Crippen molar-refractivity contribution in [3.8, 4) is 0 Å². The first-order valence-electron chi connectivity index (χ1n) is 26.4. The summed E-state index contributed by atoms with van der Waals surface area (Å²) in [5, 5.41) is 23.7. The van der Waals surface area contributed by atoms with Crippen molar-refractivity contribution in [3.63, 3.8) is 0 Å². The van der Waals surface area contributed by atoms with Gasteiger partial charge in [-0.15, -0.1) is 0 Å². The highest BCUT2D eigenvalue weighted by Crippen LogP contribution is 2.17. The van der Waals surface area contributed by atoms with Crippen LogP contribution >= 0.6 is 0 Å². The van der Waals surface area contributed by atoms with Crippen LogP contribution in [0.25, 0.3) is 0 Å². The minimum Gasteiger partial charge on any atom is -0.462 e. The maximum Gasteiger partial charge on any atom is 0.306 e. The van der Waals surface area contributed by atoms with E-state index in [2.05, 4.69) is 74.7 Å². The maximum atomic E-state index is 13.2. The second-order valence-electron chi connectivity index (χ2n) is 17.9. The van der Waals surface area contributed by atoms with Gasteiger partial charge in [0.2, 0.25) is 5.91 Å². The van der Waals surface area contributed by atoms with E-state index in [4.69, 9.17) is 4.74 Å². The molecule has 3 N–H and O–H groups in total. The first kappa shape index (κ1) is 58.8. The average Bonchev–Trinajstić information content (AvgIpc) is 3.25. The van der Waals surface area contributed by atoms with E-state index in [1.54, 1.807) is 0 Å². The number of aliphatic hydroxyl groups is 2. The Kier molecular flexibility index (Phi) is 47.1. The zero-order valence-electron chi connectivity index (χ0n) is 40.5. The summed E-state index contributed by atoms with van der Waals surface area (Å²) in [6.45, 7) is 6.44. The molecule has 0 radical (unpaired) electrons. The Bertz CT molecular complexity index is 1050. The third-order valence-corrected chi connectivity index (χ3v) is 11.9. The summed E-state index contributed by atoms with van der Waals surface area (Å²) < 4.78 is 5.91. The van der Waals surface area contributed by atoms with Crippen LogP contribution < -0.4 is 5.32 Å². The number of hydrogen-bond acceptors (Lipinski definition) is 5. The summed E-state index contributed by atoms with van der Waals surface area (Å²) in [4.78, 5) is 26.1. The molecule has 3 unspecified atom stereocenters. The molecule has 0 bridgehead atoms. The number of allylic oxidation sites excluding steroid dienone is 8. The molecule has 0 fully saturated rings. The largest absolute Gasteiger partial charge is 0.462 e. The van der Waals surface area contributed by atoms with Crippen LogP contribution in [0.3, 0.4) is 0 Å². The van der Waals surface area contributed by atoms with Crippen molar-refractivity contribution >= 4 is 11.9 Å². The summed E-state index contributed by atoms with van der Waals surface area (Å²) >= 11 is 0. The fourth-order valence-corrected chi connectivity index (χ4v) is 7.85. The minimum absolute atomic E-state index is 0.0519. The highest BCUT2D eigenvalue weighted by Gasteiger charge is 2.24. The Balaban J connectivity index is 4.54. The molecule has 0 aliphatic carbocycles. The SMILES string of the molecule is CCCCC/C=C\C/C=C\C/C=C\CCCCCCCCC(=O)OC(CCC/C=C\CCCCCCCC)CC(=O)NC(CO)C(O)CCCCCCCCCCCCCC. The Labute approximate surface area is 378 Å². The lowest BCUT2D eigenvalue weighted by molar-refractivity contribution is -0.151. The van der Waals surface area contributed by atoms with Gasteiger partial charge in [-0.3, -0.25) is 9.59 Å². The van der Waals surface area contributed by atoms with Crippen LogP contribution in [0.4, 0.5) is 0 Å². The van der Waals surface area contributed by atoms with Gasteiger partial charge >= 0.3 is 5.97 Å². The van der Waals surface area contributed by atoms with Gasteiger partial charge in [-0.05, 0) is 83.5 Å². The van der Waals surface area contributed by atoms with Gasteiger partial charge in [0.15, 0.2) is 0 Å². The van der Waals surface area contributed by atoms with Crippen LogP contribution in [0.5, 0.6) is 0 Å². The van der Waals surface area contributed by atoms with Crippen molar-refractivity contribution in [1.82, 2.24) is 5.32 Å². The highest BCUT2D eigenvalue weighted by molar-refractivity contribution is 5.77. The Morgan fingerprint density at radius 3 is 1.34 bits per heavy atom. The summed E-state index contributed by atoms with van der Waals surface area (Å²) in [6, 6.07) is -0.711. The van der Waals surface area contributed by atoms with Crippen molar-refractivity contribution in [2.45, 2.75) is 283 Å². The Morgan fingerprint density at radius 1 is 0.475 bits per heavy atom. The number of rotatable bonds is 47. The molecule has 0 rings (SSSR count). The number of amides is 1. The number of aliphatic hydroxyl groups excluding tert-OH is 2. The molecule has 0 heterocycles. The maximum absolute atomic E-state index is 13.2. The van der Waals surface area contributed by atoms with E-state index in [-0.39, 0.29) is 24.9 Å². The van der Waals surface area contributed by atoms with Gasteiger partial charge in [-0.2, -0.15) is 0 Å². The predicted octanol–water partition coefficient (Wildman–Crippen LogP) is 15.8. The fraction of sp³-hybridized carbons (Fsp3) is 0.818. The van der Waals surface area contributed by atoms with Crippen LogP contribution in [0.2, 0.25) is 0 Å². The zero-order chi connectivity index (χ0) is 44.5. The van der Waals surface area contributed by atoms with Gasteiger partial charge in [0.1, 0.15) is 6.10 Å². The predicted molar refractivity (Wildman–Crippen MR) is 264 cm³/mol. The van der Waals surface area contributed by atoms with Crippen molar-refractivity contribution in [3.05, 3.63) is 48.6 Å². The van der Waals surface area contributed by atoms with Crippen LogP contribution in [0.1, 0.15) is 265 Å². The summed E-state index contributed by atoms with van der Waals surface area (Å²) in [7, 11) is 0. The topological polar surface area (TPSA) is 95.9 Å². The number of esters is 1. The molecular formula is C55H101NO5. The van der Waals surface area contributed by atoms with Crippen molar-refractivity contribution < 1.29 is 24.5 Å². The fourth-order valence-electron chi connectivity index (χ4n) is 7.85. The standard InChI is InChI=1S/C55H101NO5/c1-4-7-10-13-16-19-22-24-25-26-27-28-29-30-33-36-39-42-45-48-55(60)61-51(46-43-40-37-34-31-21-18-15-12-9-6-3)49-54(59)56-52(50-57)53(58)47-44-41-38-35-32-23-20-17-14-11-8-5-2/h16,19,24-25,27-28,34,37,51-53,57-58H,4-15,17-18,20-23,26,29-33,35-36,38-50H2,1-3H3,(H,56,59)/b19-16-,25-24-,28-27-,37-34-. The molecule has 0 aromatic rings. The highest BCUT2D eigenvalue weighted by atomic mass is 16.5. The smallest absolute Gasteiger partial charge is 0.306 e. The molecule has 0 aliphatic rings. The normalized spacial score (nSPS) is 13.6. The van der Waals surface area contributed by atoms with Gasteiger partial charge in [-0.1, -0.05) is 217 Å². The van der Waals surface area contributed by atoms with E-state index in [9.17, 15) is 19.8 Å². The molecule has 356 valence electrons. The Morgan fingerprint density at radius 2 is 0.852 bits per heavy atom. The summed E-state index contributed by atoms with van der Waals surface area (Å²) in [6.07, 6.45) is 58.9. The monoisotopic (exact) mass is 856 g/mol. The Hall–Kier alpha value is -2.18. The van der Waals surface area contributed by atoms with E-state index in [0.717, 1.165) is 77.0 Å². The molecular weight excluding hydrogens is 755 g/mol. The number of carbonyl (C=O) groups excluding carboxylic acids is 2. The van der Waals surface area contributed by atoms with Crippen LogP contribution in [0, 0.1) is 0 Å². The molecule has 0 saturated heterocycles. The number of nitrogens with one attached hydrogen (secondary N) is 1. The summed E-state index contributed by atoms with van der Waals surface area (Å²) in [5.74, 6) is -0.513. The second-order valence-corrected chi connectivity index (χ2v) is 17.9. The van der Waals surface area contributed by atoms with Gasteiger partial charge in [0, 0.05) is 6.42 Å². The van der Waals surface area contributed by atoms with E-state index < -0.39 is 18.2 Å². The van der Waals surface area contributed by atoms with Crippen molar-refractivity contribution in [2.75, 3.05) is 6.61 Å². The number of hydrogen-bond donors (Lipinski definition) is 3. The van der Waals surface area contributed by atoms with Crippen LogP contribution in [-0.2, 0) is 14.3 Å². The second kappa shape index (κ2) is 48.8. The van der Waals surface area contributed by atoms with Gasteiger partial charge in [0.05, 0.1) is 25.2 Å². The summed E-state index contributed by atoms with van der Waals surface area (Å²) in [5.41, 5.74) is 0. The number of carbonyl (C=O) groups is 2. The lowest BCUT2D eigenvalue weighted by atomic mass is 10.0. The molecule has 61 heavy (non-hydrogen) atoms. The molecule has 0 aromatic heterocycles. The molecule has 6 nitrogen and oxygen atoms in total. The third-order valence-electron chi connectivity index (χ3n) is 11.9. The first-order chi connectivity index (χ1) is 30.0. The molecule has 0 aliphatic heterocycles. The molecule has 1 amide bonds. The van der Waals surface area contributed by atoms with E-state index in [1.807, 2.05) is 0 Å². The number of unbranched alkanes of at least 4 members (excludes halogenated alkanes) is 27. The van der Waals surface area contributed by atoms with Gasteiger partial charge in [-0.25, -0.2) is 0 Å². The zero-order valence-corrected chi connectivity index (χ0v) is 40.5. The molecule has 0 spiro atoms. The van der Waals surface area contributed by atoms with Crippen molar-refractivity contribution in [1.29, 1.82) is 0 Å². The van der Waals surface area contributed by atoms with E-state index in [0.29, 0.717) is 19.3 Å². The van der Waals surface area contributed by atoms with Crippen molar-refractivity contribution in [2.24, 2.45) is 0 Å². The van der Waals surface area contributed by atoms with Crippen LogP contribution in [0.15, 0.2) is 48.6 Å². The van der Waals surface area contributed by atoms with Crippen LogP contribution in [-0.4, -0.2) is 46.9 Å². The molecule has 0 saturated carbocycles. The van der Waals surface area contributed by atoms with Gasteiger partial charge in [0.25, 0.3) is 0 Å². The first-order valence-corrected chi connectivity index (χ1v) is 26.4. The molecule has 0 aromatic carbocycles.